The van der Waals surface area contributed by atoms with Crippen LogP contribution in [0.4, 0.5) is 0 Å². The third-order valence-electron chi connectivity index (χ3n) is 9.61. The lowest BCUT2D eigenvalue weighted by Gasteiger charge is -2.12. The molecule has 10 aromatic rings. The van der Waals surface area contributed by atoms with Crippen molar-refractivity contribution in [2.45, 2.75) is 0 Å². The van der Waals surface area contributed by atoms with Gasteiger partial charge in [-0.2, -0.15) is 0 Å². The zero-order valence-electron chi connectivity index (χ0n) is 27.5. The smallest absolute Gasteiger partial charge is 0.164 e. The summed E-state index contributed by atoms with van der Waals surface area (Å²) in [6.07, 6.45) is 0. The van der Waals surface area contributed by atoms with Crippen molar-refractivity contribution in [3.63, 3.8) is 0 Å². The Morgan fingerprint density at radius 1 is 0.333 bits per heavy atom. The van der Waals surface area contributed by atoms with Crippen molar-refractivity contribution in [2.75, 3.05) is 0 Å². The molecule has 0 spiro atoms. The lowest BCUT2D eigenvalue weighted by Crippen LogP contribution is -2.00. The topological polar surface area (TPSA) is 56.5 Å². The van der Waals surface area contributed by atoms with Gasteiger partial charge < -0.3 is 4.57 Å². The highest BCUT2D eigenvalue weighted by molar-refractivity contribution is 6.28. The van der Waals surface area contributed by atoms with Crippen LogP contribution in [0.5, 0.6) is 0 Å². The number of hydrogen-bond donors (Lipinski definition) is 0. The minimum atomic E-state index is 0.622. The van der Waals surface area contributed by atoms with Crippen LogP contribution in [-0.4, -0.2) is 24.5 Å². The maximum Gasteiger partial charge on any atom is 0.164 e. The molecule has 3 aromatic heterocycles. The van der Waals surface area contributed by atoms with Crippen molar-refractivity contribution in [1.82, 2.24) is 24.5 Å². The number of fused-ring (bicyclic) bond motifs is 7. The zero-order valence-corrected chi connectivity index (χ0v) is 27.5. The maximum atomic E-state index is 5.32. The van der Waals surface area contributed by atoms with E-state index >= 15 is 0 Å². The van der Waals surface area contributed by atoms with Crippen LogP contribution in [-0.2, 0) is 0 Å². The van der Waals surface area contributed by atoms with E-state index in [-0.39, 0.29) is 0 Å². The summed E-state index contributed by atoms with van der Waals surface area (Å²) in [6, 6.07) is 60.9. The number of pyridine rings is 1. The minimum absolute atomic E-state index is 0.622. The van der Waals surface area contributed by atoms with Crippen LogP contribution >= 0.6 is 0 Å². The molecule has 0 radical (unpaired) electrons. The summed E-state index contributed by atoms with van der Waals surface area (Å²) in [5.74, 6) is 1.90. The van der Waals surface area contributed by atoms with Crippen LogP contribution < -0.4 is 0 Å². The standard InChI is InChI=1S/C46H29N5/c1-5-15-30(16-6-1)43-42-36(35-23-13-14-24-38(35)47-43)27-28-39-41(42)37-26-25-33(29-40(37)51(39)34-21-11-4-12-22-34)46-49-44(31-17-7-2-8-18-31)48-45(50-46)32-19-9-3-10-20-32/h1-29H. The van der Waals surface area contributed by atoms with Gasteiger partial charge in [0.2, 0.25) is 0 Å². The Labute approximate surface area is 294 Å². The predicted molar refractivity (Wildman–Crippen MR) is 209 cm³/mol. The Hall–Kier alpha value is -6.98. The summed E-state index contributed by atoms with van der Waals surface area (Å²) < 4.78 is 2.36. The van der Waals surface area contributed by atoms with E-state index < -0.39 is 0 Å². The average Bonchev–Trinajstić information content (AvgIpc) is 3.55. The van der Waals surface area contributed by atoms with Gasteiger partial charge in [0, 0.05) is 49.5 Å². The highest BCUT2D eigenvalue weighted by Gasteiger charge is 2.21. The molecule has 51 heavy (non-hydrogen) atoms. The van der Waals surface area contributed by atoms with E-state index in [0.29, 0.717) is 17.5 Å². The van der Waals surface area contributed by atoms with Crippen molar-refractivity contribution in [3.8, 4) is 51.1 Å². The third kappa shape index (κ3) is 4.86. The molecule has 5 nitrogen and oxygen atoms in total. The molecule has 0 atom stereocenters. The molecule has 0 bridgehead atoms. The molecule has 0 fully saturated rings. The van der Waals surface area contributed by atoms with Gasteiger partial charge in [0.05, 0.1) is 22.2 Å². The fourth-order valence-electron chi connectivity index (χ4n) is 7.29. The van der Waals surface area contributed by atoms with Crippen LogP contribution in [0.1, 0.15) is 0 Å². The fourth-order valence-corrected chi connectivity index (χ4v) is 7.29. The van der Waals surface area contributed by atoms with Gasteiger partial charge in [-0.15, -0.1) is 0 Å². The fraction of sp³-hybridized carbons (Fsp3) is 0. The largest absolute Gasteiger partial charge is 0.309 e. The molecule has 238 valence electrons. The van der Waals surface area contributed by atoms with Crippen LogP contribution in [0.15, 0.2) is 176 Å². The van der Waals surface area contributed by atoms with Crippen molar-refractivity contribution in [1.29, 1.82) is 0 Å². The molecule has 0 aliphatic carbocycles. The van der Waals surface area contributed by atoms with Crippen molar-refractivity contribution >= 4 is 43.5 Å². The van der Waals surface area contributed by atoms with E-state index in [2.05, 4.69) is 120 Å². The van der Waals surface area contributed by atoms with E-state index in [9.17, 15) is 0 Å². The van der Waals surface area contributed by atoms with Crippen LogP contribution in [0, 0.1) is 0 Å². The monoisotopic (exact) mass is 651 g/mol. The zero-order chi connectivity index (χ0) is 33.7. The molecule has 0 unspecified atom stereocenters. The number of aromatic nitrogens is 5. The number of para-hydroxylation sites is 2. The lowest BCUT2D eigenvalue weighted by atomic mass is 9.96. The average molecular weight is 652 g/mol. The normalized spacial score (nSPS) is 11.5. The van der Waals surface area contributed by atoms with Gasteiger partial charge in [0.25, 0.3) is 0 Å². The molecule has 5 heteroatoms. The Kier molecular flexibility index (Phi) is 6.74. The Morgan fingerprint density at radius 2 is 0.863 bits per heavy atom. The second-order valence-electron chi connectivity index (χ2n) is 12.7. The summed E-state index contributed by atoms with van der Waals surface area (Å²) in [5, 5.41) is 5.76. The SMILES string of the molecule is c1ccc(-c2nc(-c3ccccc3)nc(-c3ccc4c5c6c(-c7ccccc7)nc7ccccc7c6ccc5n(-c5ccccc5)c4c3)n2)cc1. The number of hydrogen-bond acceptors (Lipinski definition) is 4. The van der Waals surface area contributed by atoms with E-state index in [4.69, 9.17) is 19.9 Å². The molecule has 0 aliphatic heterocycles. The van der Waals surface area contributed by atoms with E-state index in [1.165, 1.54) is 10.8 Å². The van der Waals surface area contributed by atoms with Gasteiger partial charge in [0.1, 0.15) is 0 Å². The Balaban J connectivity index is 1.30. The highest BCUT2D eigenvalue weighted by Crippen LogP contribution is 2.43. The van der Waals surface area contributed by atoms with Gasteiger partial charge in [-0.05, 0) is 35.7 Å². The lowest BCUT2D eigenvalue weighted by molar-refractivity contribution is 1.07. The molecular formula is C46H29N5. The molecule has 0 saturated heterocycles. The van der Waals surface area contributed by atoms with E-state index in [1.54, 1.807) is 0 Å². The molecular weight excluding hydrogens is 623 g/mol. The molecule has 7 aromatic carbocycles. The van der Waals surface area contributed by atoms with E-state index in [0.717, 1.165) is 66.3 Å². The summed E-state index contributed by atoms with van der Waals surface area (Å²) in [6.45, 7) is 0. The first-order chi connectivity index (χ1) is 25.3. The summed E-state index contributed by atoms with van der Waals surface area (Å²) >= 11 is 0. The van der Waals surface area contributed by atoms with Gasteiger partial charge in [-0.3, -0.25) is 0 Å². The number of benzene rings is 7. The Bertz CT molecular complexity index is 2830. The van der Waals surface area contributed by atoms with Crippen molar-refractivity contribution < 1.29 is 0 Å². The Morgan fingerprint density at radius 3 is 1.51 bits per heavy atom. The van der Waals surface area contributed by atoms with Crippen LogP contribution in [0.25, 0.3) is 94.6 Å². The first kappa shape index (κ1) is 29.0. The first-order valence-electron chi connectivity index (χ1n) is 17.1. The minimum Gasteiger partial charge on any atom is -0.309 e. The van der Waals surface area contributed by atoms with Gasteiger partial charge in [-0.25, -0.2) is 19.9 Å². The van der Waals surface area contributed by atoms with Crippen molar-refractivity contribution in [2.24, 2.45) is 0 Å². The van der Waals surface area contributed by atoms with Gasteiger partial charge in [-0.1, -0.05) is 146 Å². The number of nitrogens with zero attached hydrogens (tertiary/aromatic N) is 5. The van der Waals surface area contributed by atoms with Gasteiger partial charge in [0.15, 0.2) is 17.5 Å². The van der Waals surface area contributed by atoms with Crippen LogP contribution in [0.3, 0.4) is 0 Å². The first-order valence-corrected chi connectivity index (χ1v) is 17.1. The van der Waals surface area contributed by atoms with Gasteiger partial charge >= 0.3 is 0 Å². The second kappa shape index (κ2) is 11.9. The van der Waals surface area contributed by atoms with Crippen LogP contribution in [0.2, 0.25) is 0 Å². The molecule has 3 heterocycles. The molecule has 10 rings (SSSR count). The summed E-state index contributed by atoms with van der Waals surface area (Å²) in [7, 11) is 0. The molecule has 0 amide bonds. The predicted octanol–water partition coefficient (Wildman–Crippen LogP) is 11.3. The highest BCUT2D eigenvalue weighted by atomic mass is 15.0. The quantitative estimate of drug-likeness (QED) is 0.174. The summed E-state index contributed by atoms with van der Waals surface area (Å²) in [5.41, 5.74) is 9.10. The van der Waals surface area contributed by atoms with E-state index in [1.807, 2.05) is 60.7 Å². The molecule has 0 N–H and O–H groups in total. The summed E-state index contributed by atoms with van der Waals surface area (Å²) in [4.78, 5) is 20.4. The maximum absolute atomic E-state index is 5.32. The van der Waals surface area contributed by atoms with Crippen molar-refractivity contribution in [3.05, 3.63) is 176 Å². The second-order valence-corrected chi connectivity index (χ2v) is 12.7. The molecule has 0 aliphatic rings. The third-order valence-corrected chi connectivity index (χ3v) is 9.61. The number of rotatable bonds is 5. The molecule has 0 saturated carbocycles.